The molecule has 2 saturated heterocycles. The molecule has 19 heteroatoms. The summed E-state index contributed by atoms with van der Waals surface area (Å²) < 4.78 is 75.4. The second-order valence-electron chi connectivity index (χ2n) is 9.04. The molecule has 0 radical (unpaired) electrons. The molecular formula is C18H32F4N4O11. The molecule has 37 heavy (non-hydrogen) atoms. The first-order valence-electron chi connectivity index (χ1n) is 11.4. The van der Waals surface area contributed by atoms with Gasteiger partial charge in [-0.25, -0.2) is 0 Å². The van der Waals surface area contributed by atoms with E-state index in [1.807, 2.05) is 0 Å². The van der Waals surface area contributed by atoms with E-state index in [0.717, 1.165) is 11.1 Å². The van der Waals surface area contributed by atoms with E-state index in [1.165, 1.54) is 11.1 Å². The smallest absolute Gasteiger partial charge is 0.186 e. The van der Waals surface area contributed by atoms with Crippen molar-refractivity contribution in [1.29, 1.82) is 0 Å². The average molecular weight is 556 g/mol. The number of hydrogen-bond donors (Lipinski definition) is 11. The summed E-state index contributed by atoms with van der Waals surface area (Å²) in [6, 6.07) is -6.47. The molecule has 0 bridgehead atoms. The van der Waals surface area contributed by atoms with Gasteiger partial charge in [0.05, 0.1) is 31.3 Å². The van der Waals surface area contributed by atoms with Crippen LogP contribution in [0.15, 0.2) is 0 Å². The predicted octanol–water partition coefficient (Wildman–Crippen LogP) is -5.23. The summed E-state index contributed by atoms with van der Waals surface area (Å²) in [5, 5.41) is 70.1. The molecule has 3 aliphatic rings. The molecule has 0 aromatic heterocycles. The van der Waals surface area contributed by atoms with E-state index < -0.39 is 111 Å². The molecule has 15 unspecified atom stereocenters. The number of rotatable bonds is 10. The quantitative estimate of drug-likeness (QED) is 0.0893. The first kappa shape index (κ1) is 30.7. The Kier molecular flexibility index (Phi) is 11.2. The lowest BCUT2D eigenvalue weighted by atomic mass is 9.84. The molecular weight excluding hydrogens is 524 g/mol. The first-order valence-corrected chi connectivity index (χ1v) is 11.4. The van der Waals surface area contributed by atoms with Gasteiger partial charge in [0.2, 0.25) is 0 Å². The van der Waals surface area contributed by atoms with E-state index in [2.05, 4.69) is 0 Å². The monoisotopic (exact) mass is 556 g/mol. The standard InChI is InChI=1S/C18H32F4N4O11/c19-23-4-1-5(24-20)16(37-18-13(32)8(25-21)10(29)6(2-27)35-18)14(33)15(4)36-17-9(26-22)12(31)11(30)7(3-28)34-17/h4-18,23-33H,1-3H2. The zero-order chi connectivity index (χ0) is 27.4. The molecule has 3 rings (SSSR count). The lowest BCUT2D eigenvalue weighted by Crippen LogP contribution is -2.69. The van der Waals surface area contributed by atoms with Crippen LogP contribution in [0.2, 0.25) is 0 Å². The number of hydrogen-bond acceptors (Lipinski definition) is 15. The van der Waals surface area contributed by atoms with Gasteiger partial charge in [-0.3, -0.25) is 0 Å². The van der Waals surface area contributed by atoms with Crippen molar-refractivity contribution < 1.29 is 72.6 Å². The van der Waals surface area contributed by atoms with Gasteiger partial charge in [0, 0.05) is 0 Å². The third-order valence-electron chi connectivity index (χ3n) is 6.85. The van der Waals surface area contributed by atoms with Gasteiger partial charge in [-0.15, -0.1) is 23.5 Å². The Balaban J connectivity index is 1.82. The van der Waals surface area contributed by atoms with E-state index >= 15 is 0 Å². The predicted molar refractivity (Wildman–Crippen MR) is 108 cm³/mol. The summed E-state index contributed by atoms with van der Waals surface area (Å²) in [5.74, 6) is 0. The van der Waals surface area contributed by atoms with Crippen molar-refractivity contribution >= 4 is 0 Å². The van der Waals surface area contributed by atoms with Crippen LogP contribution in [0.4, 0.5) is 17.9 Å². The molecule has 0 aromatic rings. The van der Waals surface area contributed by atoms with Crippen LogP contribution in [-0.4, -0.2) is 141 Å². The highest BCUT2D eigenvalue weighted by molar-refractivity contribution is 5.02. The highest BCUT2D eigenvalue weighted by Crippen LogP contribution is 2.33. The molecule has 2 aliphatic heterocycles. The fraction of sp³-hybridized carbons (Fsp3) is 1.00. The van der Waals surface area contributed by atoms with E-state index in [0.29, 0.717) is 0 Å². The maximum Gasteiger partial charge on any atom is 0.186 e. The van der Waals surface area contributed by atoms with Gasteiger partial charge >= 0.3 is 0 Å². The number of ether oxygens (including phenoxy) is 4. The van der Waals surface area contributed by atoms with Crippen molar-refractivity contribution in [2.75, 3.05) is 13.2 Å². The minimum atomic E-state index is -2.00. The van der Waals surface area contributed by atoms with Crippen molar-refractivity contribution in [1.82, 2.24) is 22.2 Å². The molecule has 1 aliphatic carbocycles. The molecule has 218 valence electrons. The van der Waals surface area contributed by atoms with Crippen molar-refractivity contribution in [2.24, 2.45) is 0 Å². The molecule has 0 aromatic carbocycles. The third-order valence-corrected chi connectivity index (χ3v) is 6.85. The SMILES string of the molecule is OCC1OC(OC2C(NF)CC(NF)C(OC3OC(CO)C(O)C(NF)C3O)C2O)C(NF)C(O)C1O. The minimum absolute atomic E-state index is 0.506. The molecule has 3 fully saturated rings. The second kappa shape index (κ2) is 13.5. The zero-order valence-corrected chi connectivity index (χ0v) is 19.1. The van der Waals surface area contributed by atoms with Gasteiger partial charge in [0.15, 0.2) is 12.6 Å². The highest BCUT2D eigenvalue weighted by atomic mass is 19.2. The Morgan fingerprint density at radius 2 is 1.08 bits per heavy atom. The lowest BCUT2D eigenvalue weighted by molar-refractivity contribution is -0.330. The summed E-state index contributed by atoms with van der Waals surface area (Å²) in [5.41, 5.74) is 4.92. The number of aliphatic hydroxyl groups is 7. The molecule has 2 heterocycles. The number of aliphatic hydroxyl groups excluding tert-OH is 7. The molecule has 11 N–H and O–H groups in total. The van der Waals surface area contributed by atoms with Crippen molar-refractivity contribution in [2.45, 2.75) is 98.1 Å². The van der Waals surface area contributed by atoms with Gasteiger partial charge in [-0.1, -0.05) is 0 Å². The molecule has 15 atom stereocenters. The Hall–Kier alpha value is -0.880. The maximum atomic E-state index is 13.6. The highest BCUT2D eigenvalue weighted by Gasteiger charge is 2.53. The summed E-state index contributed by atoms with van der Waals surface area (Å²) in [6.45, 7) is -1.66. The van der Waals surface area contributed by atoms with Crippen LogP contribution in [0.25, 0.3) is 0 Å². The van der Waals surface area contributed by atoms with Crippen LogP contribution in [0.1, 0.15) is 6.42 Å². The van der Waals surface area contributed by atoms with Gasteiger partial charge in [-0.2, -0.15) is 16.6 Å². The van der Waals surface area contributed by atoms with Crippen LogP contribution in [0, 0.1) is 0 Å². The summed E-state index contributed by atoms with van der Waals surface area (Å²) >= 11 is 0. The Labute approximate surface area is 207 Å². The van der Waals surface area contributed by atoms with Crippen LogP contribution < -0.4 is 22.2 Å². The minimum Gasteiger partial charge on any atom is -0.394 e. The normalized spacial score (nSPS) is 49.2. The summed E-state index contributed by atoms with van der Waals surface area (Å²) in [4.78, 5) is 0. The topological polar surface area (TPSA) is 227 Å². The van der Waals surface area contributed by atoms with Crippen LogP contribution in [0.3, 0.4) is 0 Å². The largest absolute Gasteiger partial charge is 0.394 e. The van der Waals surface area contributed by atoms with E-state index in [4.69, 9.17) is 18.9 Å². The lowest BCUT2D eigenvalue weighted by Gasteiger charge is -2.48. The van der Waals surface area contributed by atoms with Crippen LogP contribution in [0.5, 0.6) is 0 Å². The van der Waals surface area contributed by atoms with E-state index in [-0.39, 0.29) is 0 Å². The Bertz CT molecular complexity index is 714. The number of halogens is 4. The summed E-state index contributed by atoms with van der Waals surface area (Å²) in [6.07, 6.45) is -19.8. The van der Waals surface area contributed by atoms with Crippen molar-refractivity contribution in [3.05, 3.63) is 0 Å². The van der Waals surface area contributed by atoms with Gasteiger partial charge in [-0.05, 0) is 6.42 Å². The average Bonchev–Trinajstić information content (AvgIpc) is 2.90. The zero-order valence-electron chi connectivity index (χ0n) is 19.1. The second-order valence-corrected chi connectivity index (χ2v) is 9.04. The fourth-order valence-corrected chi connectivity index (χ4v) is 4.72. The van der Waals surface area contributed by atoms with Crippen LogP contribution >= 0.6 is 0 Å². The Morgan fingerprint density at radius 1 is 0.595 bits per heavy atom. The van der Waals surface area contributed by atoms with E-state index in [1.54, 1.807) is 0 Å². The third kappa shape index (κ3) is 6.15. The molecule has 0 spiro atoms. The molecule has 0 amide bonds. The first-order chi connectivity index (χ1) is 17.7. The molecule has 1 saturated carbocycles. The van der Waals surface area contributed by atoms with Crippen molar-refractivity contribution in [3.8, 4) is 0 Å². The van der Waals surface area contributed by atoms with E-state index in [9.17, 15) is 53.7 Å². The molecule has 15 nitrogen and oxygen atoms in total. The fourth-order valence-electron chi connectivity index (χ4n) is 4.72. The van der Waals surface area contributed by atoms with Gasteiger partial charge in [0.25, 0.3) is 0 Å². The van der Waals surface area contributed by atoms with Gasteiger partial charge in [0.1, 0.15) is 61.0 Å². The number of nitrogens with one attached hydrogen (secondary N) is 4. The van der Waals surface area contributed by atoms with Gasteiger partial charge < -0.3 is 54.7 Å². The van der Waals surface area contributed by atoms with Crippen molar-refractivity contribution in [3.63, 3.8) is 0 Å². The summed E-state index contributed by atoms with van der Waals surface area (Å²) in [7, 11) is 0. The van der Waals surface area contributed by atoms with Crippen LogP contribution in [-0.2, 0) is 18.9 Å². The maximum absolute atomic E-state index is 13.6. The Morgan fingerprint density at radius 3 is 1.57 bits per heavy atom.